The highest BCUT2D eigenvalue weighted by Gasteiger charge is 2.36. The minimum Gasteiger partial charge on any atom is -0.504 e. The number of ketones is 1. The maximum absolute atomic E-state index is 12.8. The highest BCUT2D eigenvalue weighted by Crippen LogP contribution is 2.49. The van der Waals surface area contributed by atoms with Crippen molar-refractivity contribution in [2.24, 2.45) is 0 Å². The van der Waals surface area contributed by atoms with Crippen LogP contribution in [-0.2, 0) is 4.79 Å². The number of carbonyl (C=O) groups excluding carboxylic acids is 1. The normalized spacial score (nSPS) is 18.4. The fourth-order valence-electron chi connectivity index (χ4n) is 3.95. The lowest BCUT2D eigenvalue weighted by atomic mass is 9.75. The van der Waals surface area contributed by atoms with Gasteiger partial charge in [0, 0.05) is 35.4 Å². The van der Waals surface area contributed by atoms with Gasteiger partial charge in [-0.3, -0.25) is 4.79 Å². The molecule has 2 aromatic carbocycles. The molecule has 0 aromatic heterocycles. The highest BCUT2D eigenvalue weighted by atomic mass is 16.5. The smallest absolute Gasteiger partial charge is 0.162 e. The highest BCUT2D eigenvalue weighted by molar-refractivity contribution is 6.01. The van der Waals surface area contributed by atoms with E-state index in [-0.39, 0.29) is 23.2 Å². The first-order valence-electron chi connectivity index (χ1n) is 8.84. The Hall–Kier alpha value is -3.15. The van der Waals surface area contributed by atoms with Gasteiger partial charge in [-0.05, 0) is 42.2 Å². The molecular formula is C21H21NO5. The standard InChI is InChI=1S/C21H21NO5/c1-26-18-9-12-14(10-19(18)27-2)22-13-4-3-5-16(24)21(13)20(12)11-6-7-15(23)17(25)8-11/h6-10,20,22-23,25H,3-5H2,1-2H3/t20-/m1/s1. The van der Waals surface area contributed by atoms with Crippen LogP contribution < -0.4 is 14.8 Å². The molecule has 0 bridgehead atoms. The van der Waals surface area contributed by atoms with Crippen LogP contribution in [0.3, 0.4) is 0 Å². The van der Waals surface area contributed by atoms with Crippen molar-refractivity contribution < 1.29 is 24.5 Å². The van der Waals surface area contributed by atoms with E-state index >= 15 is 0 Å². The molecule has 1 atom stereocenters. The van der Waals surface area contributed by atoms with Crippen LogP contribution in [-0.4, -0.2) is 30.2 Å². The van der Waals surface area contributed by atoms with Crippen LogP contribution in [0.2, 0.25) is 0 Å². The molecule has 6 heteroatoms. The Morgan fingerprint density at radius 3 is 2.44 bits per heavy atom. The molecule has 2 aromatic rings. The van der Waals surface area contributed by atoms with Gasteiger partial charge in [-0.15, -0.1) is 0 Å². The van der Waals surface area contributed by atoms with Gasteiger partial charge in [-0.25, -0.2) is 0 Å². The largest absolute Gasteiger partial charge is 0.504 e. The number of hydrogen-bond acceptors (Lipinski definition) is 6. The van der Waals surface area contributed by atoms with Crippen molar-refractivity contribution in [1.29, 1.82) is 0 Å². The minimum absolute atomic E-state index is 0.0988. The number of ether oxygens (including phenoxy) is 2. The van der Waals surface area contributed by atoms with E-state index in [4.69, 9.17) is 9.47 Å². The van der Waals surface area contributed by atoms with Crippen LogP contribution in [0.4, 0.5) is 5.69 Å². The lowest BCUT2D eigenvalue weighted by molar-refractivity contribution is -0.116. The Morgan fingerprint density at radius 1 is 1.00 bits per heavy atom. The number of anilines is 1. The van der Waals surface area contributed by atoms with Gasteiger partial charge in [0.15, 0.2) is 28.8 Å². The summed E-state index contributed by atoms with van der Waals surface area (Å²) < 4.78 is 10.9. The first-order valence-corrected chi connectivity index (χ1v) is 8.84. The zero-order chi connectivity index (χ0) is 19.1. The second-order valence-electron chi connectivity index (χ2n) is 6.77. The molecule has 0 fully saturated rings. The number of hydrogen-bond donors (Lipinski definition) is 3. The number of phenolic OH excluding ortho intramolecular Hbond substituents is 2. The predicted octanol–water partition coefficient (Wildman–Crippen LogP) is 3.68. The van der Waals surface area contributed by atoms with Crippen molar-refractivity contribution in [2.45, 2.75) is 25.2 Å². The third-order valence-corrected chi connectivity index (χ3v) is 5.23. The van der Waals surface area contributed by atoms with Gasteiger partial charge < -0.3 is 25.0 Å². The number of fused-ring (bicyclic) bond motifs is 1. The summed E-state index contributed by atoms with van der Waals surface area (Å²) in [7, 11) is 3.15. The quantitative estimate of drug-likeness (QED) is 0.718. The van der Waals surface area contributed by atoms with Gasteiger partial charge in [0.1, 0.15) is 0 Å². The molecular weight excluding hydrogens is 346 g/mol. The first kappa shape index (κ1) is 17.3. The van der Waals surface area contributed by atoms with Crippen molar-refractivity contribution in [3.8, 4) is 23.0 Å². The molecule has 1 aliphatic heterocycles. The van der Waals surface area contributed by atoms with Crippen molar-refractivity contribution in [1.82, 2.24) is 0 Å². The average Bonchev–Trinajstić information content (AvgIpc) is 2.67. The number of aromatic hydroxyl groups is 2. The number of carbonyl (C=O) groups is 1. The van der Waals surface area contributed by atoms with Crippen LogP contribution >= 0.6 is 0 Å². The second-order valence-corrected chi connectivity index (χ2v) is 6.77. The van der Waals surface area contributed by atoms with Crippen LogP contribution in [0.5, 0.6) is 23.0 Å². The Bertz CT molecular complexity index is 963. The zero-order valence-electron chi connectivity index (χ0n) is 15.2. The molecule has 0 amide bonds. The number of allylic oxidation sites excluding steroid dienone is 2. The fourth-order valence-corrected chi connectivity index (χ4v) is 3.95. The van der Waals surface area contributed by atoms with Crippen LogP contribution in [0.15, 0.2) is 41.6 Å². The number of nitrogens with one attached hydrogen (secondary N) is 1. The molecule has 0 unspecified atom stereocenters. The summed E-state index contributed by atoms with van der Waals surface area (Å²) in [5, 5.41) is 23.1. The Kier molecular flexibility index (Phi) is 4.18. The molecule has 2 aliphatic rings. The van der Waals surface area contributed by atoms with Gasteiger partial charge in [-0.2, -0.15) is 0 Å². The minimum atomic E-state index is -0.352. The van der Waals surface area contributed by atoms with Gasteiger partial charge in [0.25, 0.3) is 0 Å². The van der Waals surface area contributed by atoms with Crippen molar-refractivity contribution in [3.63, 3.8) is 0 Å². The summed E-state index contributed by atoms with van der Waals surface area (Å²) in [5.74, 6) is 0.514. The SMILES string of the molecule is COc1cc2c(cc1OC)[C@@H](c1ccc(O)c(O)c1)C1=C(CCCC1=O)N2. The number of benzene rings is 2. The molecule has 3 N–H and O–H groups in total. The number of Topliss-reactive ketones (excluding diaryl/α,β-unsaturated/α-hetero) is 1. The van der Waals surface area contributed by atoms with Gasteiger partial charge in [0.2, 0.25) is 0 Å². The molecule has 6 nitrogen and oxygen atoms in total. The number of phenols is 2. The lowest BCUT2D eigenvalue weighted by Gasteiger charge is -2.34. The Labute approximate surface area is 157 Å². The maximum Gasteiger partial charge on any atom is 0.162 e. The summed E-state index contributed by atoms with van der Waals surface area (Å²) in [5.41, 5.74) is 4.07. The van der Waals surface area contributed by atoms with E-state index in [1.54, 1.807) is 20.3 Å². The summed E-state index contributed by atoms with van der Waals surface area (Å²) in [6.07, 6.45) is 2.10. The summed E-state index contributed by atoms with van der Waals surface area (Å²) in [4.78, 5) is 12.8. The molecule has 0 radical (unpaired) electrons. The molecule has 27 heavy (non-hydrogen) atoms. The number of rotatable bonds is 3. The predicted molar refractivity (Wildman–Crippen MR) is 101 cm³/mol. The molecule has 1 heterocycles. The summed E-state index contributed by atoms with van der Waals surface area (Å²) in [6.45, 7) is 0. The van der Waals surface area contributed by atoms with E-state index in [2.05, 4.69) is 5.32 Å². The van der Waals surface area contributed by atoms with E-state index in [1.807, 2.05) is 12.1 Å². The van der Waals surface area contributed by atoms with Crippen LogP contribution in [0.1, 0.15) is 36.3 Å². The van der Waals surface area contributed by atoms with Gasteiger partial charge in [-0.1, -0.05) is 6.07 Å². The maximum atomic E-state index is 12.8. The van der Waals surface area contributed by atoms with Gasteiger partial charge in [0.05, 0.1) is 14.2 Å². The van der Waals surface area contributed by atoms with Crippen molar-refractivity contribution >= 4 is 11.5 Å². The Morgan fingerprint density at radius 2 is 1.74 bits per heavy atom. The van der Waals surface area contributed by atoms with E-state index in [0.717, 1.165) is 35.4 Å². The molecule has 0 spiro atoms. The third kappa shape index (κ3) is 2.77. The van der Waals surface area contributed by atoms with Crippen LogP contribution in [0.25, 0.3) is 0 Å². The van der Waals surface area contributed by atoms with Crippen molar-refractivity contribution in [2.75, 3.05) is 19.5 Å². The average molecular weight is 367 g/mol. The molecule has 1 aliphatic carbocycles. The lowest BCUT2D eigenvalue weighted by Crippen LogP contribution is -2.27. The van der Waals surface area contributed by atoms with E-state index in [0.29, 0.717) is 23.5 Å². The summed E-state index contributed by atoms with van der Waals surface area (Å²) >= 11 is 0. The van der Waals surface area contributed by atoms with Crippen molar-refractivity contribution in [3.05, 3.63) is 52.7 Å². The van der Waals surface area contributed by atoms with Crippen LogP contribution in [0, 0.1) is 0 Å². The number of methoxy groups -OCH3 is 2. The van der Waals surface area contributed by atoms with E-state index < -0.39 is 0 Å². The molecule has 4 rings (SSSR count). The van der Waals surface area contributed by atoms with Gasteiger partial charge >= 0.3 is 0 Å². The first-order chi connectivity index (χ1) is 13.0. The molecule has 0 saturated carbocycles. The topological polar surface area (TPSA) is 88.0 Å². The zero-order valence-corrected chi connectivity index (χ0v) is 15.2. The third-order valence-electron chi connectivity index (χ3n) is 5.23. The fraction of sp³-hybridized carbons (Fsp3) is 0.286. The Balaban J connectivity index is 1.96. The monoisotopic (exact) mass is 367 g/mol. The second kappa shape index (κ2) is 6.54. The molecule has 140 valence electrons. The van der Waals surface area contributed by atoms with E-state index in [9.17, 15) is 15.0 Å². The summed E-state index contributed by atoms with van der Waals surface area (Å²) in [6, 6.07) is 8.42. The molecule has 0 saturated heterocycles. The van der Waals surface area contributed by atoms with E-state index in [1.165, 1.54) is 12.1 Å².